The fraction of sp³-hybridized carbons (Fsp3) is 0.261. The highest BCUT2D eigenvalue weighted by Gasteiger charge is 2.43. The van der Waals surface area contributed by atoms with Crippen LogP contribution in [-0.4, -0.2) is 69.7 Å². The fourth-order valence-corrected chi connectivity index (χ4v) is 3.72. The zero-order valence-electron chi connectivity index (χ0n) is 18.3. The summed E-state index contributed by atoms with van der Waals surface area (Å²) in [6.45, 7) is 1.50. The van der Waals surface area contributed by atoms with Crippen molar-refractivity contribution in [1.82, 2.24) is 15.1 Å². The maximum absolute atomic E-state index is 13.2. The summed E-state index contributed by atoms with van der Waals surface area (Å²) in [5, 5.41) is 19.9. The Hall–Kier alpha value is -4.28. The van der Waals surface area contributed by atoms with Gasteiger partial charge in [-0.15, -0.1) is 0 Å². The highest BCUT2D eigenvalue weighted by atomic mass is 19.1. The Kier molecular flexibility index (Phi) is 7.24. The summed E-state index contributed by atoms with van der Waals surface area (Å²) < 4.78 is 13.2. The molecule has 2 unspecified atom stereocenters. The molecule has 34 heavy (non-hydrogen) atoms. The van der Waals surface area contributed by atoms with Crippen molar-refractivity contribution in [2.75, 3.05) is 13.1 Å². The summed E-state index contributed by atoms with van der Waals surface area (Å²) >= 11 is 0. The summed E-state index contributed by atoms with van der Waals surface area (Å²) in [6.07, 6.45) is -1.11. The third kappa shape index (κ3) is 5.20. The molecule has 2 aromatic carbocycles. The molecule has 3 amide bonds. The molecule has 0 aromatic heterocycles. The predicted molar refractivity (Wildman–Crippen MR) is 119 cm³/mol. The largest absolute Gasteiger partial charge is 0.480 e. The van der Waals surface area contributed by atoms with E-state index in [2.05, 4.69) is 5.32 Å². The summed E-state index contributed by atoms with van der Waals surface area (Å²) in [7, 11) is 0. The first-order valence-electron chi connectivity index (χ1n) is 10.5. The van der Waals surface area contributed by atoms with Crippen molar-refractivity contribution in [3.8, 4) is 0 Å². The number of nitrogens with zero attached hydrogens (tertiary/aromatic N) is 2. The van der Waals surface area contributed by atoms with Gasteiger partial charge in [0.05, 0.1) is 6.54 Å². The highest BCUT2D eigenvalue weighted by Crippen LogP contribution is 2.18. The molecule has 5 N–H and O–H groups in total. The van der Waals surface area contributed by atoms with Crippen molar-refractivity contribution in [2.45, 2.75) is 25.6 Å². The molecular formula is C23H24FN5O5. The Bertz CT molecular complexity index is 1120. The number of hydrogen-bond donors (Lipinski definition) is 4. The van der Waals surface area contributed by atoms with Crippen LogP contribution >= 0.6 is 0 Å². The second-order valence-corrected chi connectivity index (χ2v) is 7.71. The molecule has 2 atom stereocenters. The monoisotopic (exact) mass is 469 g/mol. The molecule has 0 spiro atoms. The van der Waals surface area contributed by atoms with Crippen LogP contribution < -0.4 is 11.1 Å². The number of amidine groups is 1. The average molecular weight is 469 g/mol. The molecule has 0 aliphatic carbocycles. The molecule has 0 radical (unpaired) electrons. The second kappa shape index (κ2) is 10.1. The van der Waals surface area contributed by atoms with Gasteiger partial charge in [-0.3, -0.25) is 19.8 Å². The van der Waals surface area contributed by atoms with Gasteiger partial charge in [0.25, 0.3) is 5.91 Å². The van der Waals surface area contributed by atoms with E-state index in [4.69, 9.17) is 11.1 Å². The molecule has 0 bridgehead atoms. The van der Waals surface area contributed by atoms with E-state index in [0.29, 0.717) is 11.1 Å². The second-order valence-electron chi connectivity index (χ2n) is 7.71. The quantitative estimate of drug-likeness (QED) is 0.251. The van der Waals surface area contributed by atoms with Gasteiger partial charge in [-0.25, -0.2) is 9.18 Å². The number of halogens is 1. The van der Waals surface area contributed by atoms with Crippen LogP contribution in [0.3, 0.4) is 0 Å². The van der Waals surface area contributed by atoms with Crippen LogP contribution in [0.15, 0.2) is 48.5 Å². The van der Waals surface area contributed by atoms with Crippen LogP contribution in [0, 0.1) is 11.2 Å². The number of piperazine rings is 1. The van der Waals surface area contributed by atoms with Gasteiger partial charge >= 0.3 is 17.8 Å². The Morgan fingerprint density at radius 3 is 2.24 bits per heavy atom. The minimum Gasteiger partial charge on any atom is -0.480 e. The number of rotatable bonds is 8. The SMILES string of the molecule is CCN1C(=O)C(=O)N(C(Cc2ccc(F)cc2)C(=O)O)CC1NC(=O)c1ccc(C(=N)N)cc1. The number of nitrogens with two attached hydrogens (primary N) is 1. The van der Waals surface area contributed by atoms with E-state index in [1.54, 1.807) is 6.92 Å². The normalized spacial score (nSPS) is 16.8. The van der Waals surface area contributed by atoms with E-state index in [0.717, 1.165) is 9.80 Å². The van der Waals surface area contributed by atoms with E-state index in [9.17, 15) is 28.7 Å². The number of likely N-dealkylation sites (N-methyl/N-ethyl adjacent to an activating group) is 1. The molecule has 1 saturated heterocycles. The van der Waals surface area contributed by atoms with E-state index in [1.807, 2.05) is 0 Å². The van der Waals surface area contributed by atoms with Crippen LogP contribution in [0.2, 0.25) is 0 Å². The maximum Gasteiger partial charge on any atom is 0.326 e. The number of amides is 3. The molecule has 1 heterocycles. The summed E-state index contributed by atoms with van der Waals surface area (Å²) in [5.41, 5.74) is 6.56. The zero-order valence-corrected chi connectivity index (χ0v) is 18.3. The van der Waals surface area contributed by atoms with E-state index >= 15 is 0 Å². The average Bonchev–Trinajstić information content (AvgIpc) is 2.81. The van der Waals surface area contributed by atoms with Crippen LogP contribution in [0.4, 0.5) is 4.39 Å². The van der Waals surface area contributed by atoms with Crippen molar-refractivity contribution >= 4 is 29.5 Å². The predicted octanol–water partition coefficient (Wildman–Crippen LogP) is 0.552. The summed E-state index contributed by atoms with van der Waals surface area (Å²) in [4.78, 5) is 52.4. The van der Waals surface area contributed by atoms with Gasteiger partial charge in [0.2, 0.25) is 0 Å². The molecule has 3 rings (SSSR count). The molecule has 1 aliphatic heterocycles. The maximum atomic E-state index is 13.2. The molecule has 1 aliphatic rings. The van der Waals surface area contributed by atoms with Crippen molar-refractivity contribution < 1.29 is 28.7 Å². The topological polar surface area (TPSA) is 157 Å². The lowest BCUT2D eigenvalue weighted by molar-refractivity contribution is -0.165. The van der Waals surface area contributed by atoms with Gasteiger partial charge in [0, 0.05) is 24.1 Å². The lowest BCUT2D eigenvalue weighted by Crippen LogP contribution is -2.67. The van der Waals surface area contributed by atoms with Crippen LogP contribution in [0.25, 0.3) is 0 Å². The van der Waals surface area contributed by atoms with Crippen molar-refractivity contribution in [2.24, 2.45) is 5.73 Å². The van der Waals surface area contributed by atoms with Crippen molar-refractivity contribution in [1.29, 1.82) is 5.41 Å². The highest BCUT2D eigenvalue weighted by molar-refractivity contribution is 6.36. The first-order valence-corrected chi connectivity index (χ1v) is 10.5. The van der Waals surface area contributed by atoms with Crippen LogP contribution in [0.5, 0.6) is 0 Å². The molecule has 0 saturated carbocycles. The Labute approximate surface area is 194 Å². The summed E-state index contributed by atoms with van der Waals surface area (Å²) in [6, 6.07) is 9.70. The summed E-state index contributed by atoms with van der Waals surface area (Å²) in [5.74, 6) is -4.45. The molecule has 10 nitrogen and oxygen atoms in total. The Morgan fingerprint density at radius 1 is 1.12 bits per heavy atom. The standard InChI is InChI=1S/C23H24FN5O5/c1-2-28-18(27-20(30)15-7-5-14(6-8-15)19(25)26)12-29(22(32)21(28)31)17(23(33)34)11-13-3-9-16(24)10-4-13/h3-10,17-18H,2,11-12H2,1H3,(H3,25,26)(H,27,30)(H,33,34). The number of aliphatic carboxylic acids is 1. The van der Waals surface area contributed by atoms with Crippen molar-refractivity contribution in [3.63, 3.8) is 0 Å². The number of hydrogen-bond acceptors (Lipinski definition) is 5. The third-order valence-electron chi connectivity index (χ3n) is 5.55. The van der Waals surface area contributed by atoms with Gasteiger partial charge in [-0.1, -0.05) is 24.3 Å². The number of carboxylic acid groups (broad SMARTS) is 1. The number of carboxylic acids is 1. The number of nitrogen functional groups attached to an aromatic ring is 1. The molecule has 1 fully saturated rings. The van der Waals surface area contributed by atoms with Crippen LogP contribution in [-0.2, 0) is 20.8 Å². The van der Waals surface area contributed by atoms with Crippen molar-refractivity contribution in [3.05, 3.63) is 71.0 Å². The Balaban J connectivity index is 1.83. The van der Waals surface area contributed by atoms with Gasteiger partial charge in [0.1, 0.15) is 23.9 Å². The van der Waals surface area contributed by atoms with E-state index in [1.165, 1.54) is 48.5 Å². The number of carbonyl (C=O) groups excluding carboxylic acids is 3. The Morgan fingerprint density at radius 2 is 1.71 bits per heavy atom. The van der Waals surface area contributed by atoms with Gasteiger partial charge in [-0.2, -0.15) is 0 Å². The minimum atomic E-state index is -1.39. The molecular weight excluding hydrogens is 445 g/mol. The number of benzene rings is 2. The molecule has 2 aromatic rings. The van der Waals surface area contributed by atoms with Gasteiger partial charge in [-0.05, 0) is 36.8 Å². The van der Waals surface area contributed by atoms with Crippen LogP contribution in [0.1, 0.15) is 28.4 Å². The lowest BCUT2D eigenvalue weighted by atomic mass is 10.0. The molecule has 178 valence electrons. The smallest absolute Gasteiger partial charge is 0.326 e. The third-order valence-corrected chi connectivity index (χ3v) is 5.55. The van der Waals surface area contributed by atoms with Gasteiger partial charge < -0.3 is 26.0 Å². The van der Waals surface area contributed by atoms with E-state index in [-0.39, 0.29) is 30.9 Å². The van der Waals surface area contributed by atoms with Gasteiger partial charge in [0.15, 0.2) is 0 Å². The number of nitrogens with one attached hydrogen (secondary N) is 2. The fourth-order valence-electron chi connectivity index (χ4n) is 3.72. The molecule has 11 heteroatoms. The lowest BCUT2D eigenvalue weighted by Gasteiger charge is -2.42. The first-order chi connectivity index (χ1) is 16.1. The zero-order chi connectivity index (χ0) is 25.0. The van der Waals surface area contributed by atoms with E-state index < -0.39 is 41.7 Å². The first kappa shape index (κ1) is 24.4. The number of carbonyl (C=O) groups is 4. The minimum absolute atomic E-state index is 0.113.